The largest absolute Gasteiger partial charge is 0.283 e. The summed E-state index contributed by atoms with van der Waals surface area (Å²) in [4.78, 5) is 3.94. The summed E-state index contributed by atoms with van der Waals surface area (Å²) >= 11 is 0. The Labute approximate surface area is 93.4 Å². The monoisotopic (exact) mass is 240 g/mol. The normalized spacial score (nSPS) is 12.4. The predicted molar refractivity (Wildman–Crippen MR) is 58.4 cm³/mol. The molecule has 2 heterocycles. The standard InChI is InChI=1S/C9H12N4O2S/c1-7(2)12-16(14,15)9-10-8-5-3-4-6-13(8)11-9/h3-7,12H,1-2H3. The Kier molecular flexibility index (Phi) is 2.64. The third-order valence-corrected chi connectivity index (χ3v) is 3.29. The zero-order chi connectivity index (χ0) is 11.8. The van der Waals surface area contributed by atoms with Crippen LogP contribution in [0.15, 0.2) is 29.6 Å². The molecule has 2 rings (SSSR count). The summed E-state index contributed by atoms with van der Waals surface area (Å²) in [5.74, 6) is 0. The summed E-state index contributed by atoms with van der Waals surface area (Å²) < 4.78 is 27.4. The van der Waals surface area contributed by atoms with Gasteiger partial charge in [-0.3, -0.25) is 0 Å². The molecule has 7 heteroatoms. The van der Waals surface area contributed by atoms with Crippen molar-refractivity contribution in [2.45, 2.75) is 25.0 Å². The minimum atomic E-state index is -3.61. The molecule has 0 aliphatic rings. The van der Waals surface area contributed by atoms with Gasteiger partial charge in [0, 0.05) is 12.2 Å². The van der Waals surface area contributed by atoms with Gasteiger partial charge in [0.05, 0.1) is 0 Å². The molecule has 0 aliphatic heterocycles. The maximum atomic E-state index is 11.8. The summed E-state index contributed by atoms with van der Waals surface area (Å²) in [5.41, 5.74) is 0.506. The SMILES string of the molecule is CC(C)NS(=O)(=O)c1nc2ccccn2n1. The highest BCUT2D eigenvalue weighted by atomic mass is 32.2. The van der Waals surface area contributed by atoms with Crippen molar-refractivity contribution in [2.24, 2.45) is 0 Å². The summed E-state index contributed by atoms with van der Waals surface area (Å²) in [6.07, 6.45) is 1.65. The first kappa shape index (κ1) is 11.0. The van der Waals surface area contributed by atoms with Crippen LogP contribution in [0.3, 0.4) is 0 Å². The molecule has 0 fully saturated rings. The van der Waals surface area contributed by atoms with Crippen molar-refractivity contribution in [1.82, 2.24) is 19.3 Å². The van der Waals surface area contributed by atoms with Crippen LogP contribution in [-0.4, -0.2) is 29.1 Å². The summed E-state index contributed by atoms with van der Waals surface area (Å²) in [7, 11) is -3.61. The van der Waals surface area contributed by atoms with Crippen molar-refractivity contribution >= 4 is 15.7 Å². The highest BCUT2D eigenvalue weighted by Gasteiger charge is 2.20. The average molecular weight is 240 g/mol. The molecular formula is C9H12N4O2S. The van der Waals surface area contributed by atoms with Crippen LogP contribution in [0.5, 0.6) is 0 Å². The number of hydrogen-bond donors (Lipinski definition) is 1. The molecular weight excluding hydrogens is 228 g/mol. The number of sulfonamides is 1. The fourth-order valence-electron chi connectivity index (χ4n) is 1.29. The van der Waals surface area contributed by atoms with E-state index in [0.29, 0.717) is 5.65 Å². The van der Waals surface area contributed by atoms with Crippen LogP contribution < -0.4 is 4.72 Å². The first-order chi connectivity index (χ1) is 7.49. The van der Waals surface area contributed by atoms with E-state index in [4.69, 9.17) is 0 Å². The molecule has 16 heavy (non-hydrogen) atoms. The van der Waals surface area contributed by atoms with E-state index >= 15 is 0 Å². The highest BCUT2D eigenvalue weighted by Crippen LogP contribution is 2.06. The van der Waals surface area contributed by atoms with Crippen molar-refractivity contribution in [2.75, 3.05) is 0 Å². The molecule has 0 radical (unpaired) electrons. The van der Waals surface area contributed by atoms with E-state index in [9.17, 15) is 8.42 Å². The second-order valence-electron chi connectivity index (χ2n) is 3.67. The third kappa shape index (κ3) is 2.05. The fraction of sp³-hybridized carbons (Fsp3) is 0.333. The van der Waals surface area contributed by atoms with Crippen molar-refractivity contribution in [3.05, 3.63) is 24.4 Å². The van der Waals surface area contributed by atoms with E-state index in [1.54, 1.807) is 38.2 Å². The Balaban J connectivity index is 2.48. The molecule has 2 aromatic rings. The van der Waals surface area contributed by atoms with Gasteiger partial charge in [-0.25, -0.2) is 17.7 Å². The van der Waals surface area contributed by atoms with Crippen LogP contribution >= 0.6 is 0 Å². The summed E-state index contributed by atoms with van der Waals surface area (Å²) in [6, 6.07) is 5.04. The van der Waals surface area contributed by atoms with Crippen molar-refractivity contribution in [3.8, 4) is 0 Å². The molecule has 0 aliphatic carbocycles. The van der Waals surface area contributed by atoms with Crippen LogP contribution in [0.4, 0.5) is 0 Å². The number of hydrogen-bond acceptors (Lipinski definition) is 4. The van der Waals surface area contributed by atoms with Gasteiger partial charge in [0.25, 0.3) is 15.2 Å². The Morgan fingerprint density at radius 1 is 1.38 bits per heavy atom. The van der Waals surface area contributed by atoms with Crippen molar-refractivity contribution in [3.63, 3.8) is 0 Å². The van der Waals surface area contributed by atoms with E-state index in [0.717, 1.165) is 0 Å². The summed E-state index contributed by atoms with van der Waals surface area (Å²) in [5, 5.41) is 3.69. The van der Waals surface area contributed by atoms with E-state index in [1.807, 2.05) is 0 Å². The molecule has 86 valence electrons. The van der Waals surface area contributed by atoms with E-state index in [2.05, 4.69) is 14.8 Å². The molecule has 0 bridgehead atoms. The lowest BCUT2D eigenvalue weighted by Crippen LogP contribution is -2.31. The van der Waals surface area contributed by atoms with E-state index < -0.39 is 10.0 Å². The summed E-state index contributed by atoms with van der Waals surface area (Å²) in [6.45, 7) is 3.49. The van der Waals surface area contributed by atoms with Gasteiger partial charge < -0.3 is 0 Å². The molecule has 0 atom stereocenters. The van der Waals surface area contributed by atoms with Gasteiger partial charge in [0.1, 0.15) is 0 Å². The smallest absolute Gasteiger partial charge is 0.220 e. The lowest BCUT2D eigenvalue weighted by atomic mass is 10.4. The molecule has 1 N–H and O–H groups in total. The van der Waals surface area contributed by atoms with Gasteiger partial charge in [-0.1, -0.05) is 6.07 Å². The minimum Gasteiger partial charge on any atom is -0.220 e. The Morgan fingerprint density at radius 2 is 2.12 bits per heavy atom. The molecule has 0 spiro atoms. The molecule has 0 saturated carbocycles. The van der Waals surface area contributed by atoms with Crippen LogP contribution in [-0.2, 0) is 10.0 Å². The first-order valence-electron chi connectivity index (χ1n) is 4.83. The highest BCUT2D eigenvalue weighted by molar-refractivity contribution is 7.89. The van der Waals surface area contributed by atoms with Crippen LogP contribution in [0.1, 0.15) is 13.8 Å². The molecule has 0 amide bonds. The Morgan fingerprint density at radius 3 is 2.75 bits per heavy atom. The van der Waals surface area contributed by atoms with Gasteiger partial charge in [0.15, 0.2) is 5.65 Å². The van der Waals surface area contributed by atoms with Gasteiger partial charge in [-0.15, -0.1) is 5.10 Å². The molecule has 0 saturated heterocycles. The van der Waals surface area contributed by atoms with Gasteiger partial charge in [-0.2, -0.15) is 4.98 Å². The minimum absolute atomic E-state index is 0.184. The van der Waals surface area contributed by atoms with E-state index in [-0.39, 0.29) is 11.2 Å². The topological polar surface area (TPSA) is 76.4 Å². The number of rotatable bonds is 3. The number of nitrogens with one attached hydrogen (secondary N) is 1. The maximum Gasteiger partial charge on any atom is 0.283 e. The van der Waals surface area contributed by atoms with E-state index in [1.165, 1.54) is 4.52 Å². The zero-order valence-corrected chi connectivity index (χ0v) is 9.77. The van der Waals surface area contributed by atoms with Gasteiger partial charge in [-0.05, 0) is 26.0 Å². The molecule has 6 nitrogen and oxygen atoms in total. The lowest BCUT2D eigenvalue weighted by molar-refractivity contribution is 0.560. The zero-order valence-electron chi connectivity index (χ0n) is 8.95. The molecule has 0 aromatic carbocycles. The van der Waals surface area contributed by atoms with Crippen LogP contribution in [0.2, 0.25) is 0 Å². The first-order valence-corrected chi connectivity index (χ1v) is 6.31. The second kappa shape index (κ2) is 3.84. The Bertz CT molecular complexity index is 570. The quantitative estimate of drug-likeness (QED) is 0.843. The lowest BCUT2D eigenvalue weighted by Gasteiger charge is -2.04. The average Bonchev–Trinajstić information content (AvgIpc) is 2.59. The Hall–Kier alpha value is -1.47. The van der Waals surface area contributed by atoms with Crippen molar-refractivity contribution in [1.29, 1.82) is 0 Å². The third-order valence-electron chi connectivity index (χ3n) is 1.85. The predicted octanol–water partition coefficient (Wildman–Crippen LogP) is 0.416. The van der Waals surface area contributed by atoms with Crippen molar-refractivity contribution < 1.29 is 8.42 Å². The van der Waals surface area contributed by atoms with Crippen LogP contribution in [0, 0.1) is 0 Å². The number of nitrogens with zero attached hydrogens (tertiary/aromatic N) is 3. The number of pyridine rings is 1. The second-order valence-corrected chi connectivity index (χ2v) is 5.28. The number of fused-ring (bicyclic) bond motifs is 1. The van der Waals surface area contributed by atoms with Gasteiger partial charge >= 0.3 is 0 Å². The van der Waals surface area contributed by atoms with Crippen LogP contribution in [0.25, 0.3) is 5.65 Å². The fourth-order valence-corrected chi connectivity index (χ4v) is 2.42. The van der Waals surface area contributed by atoms with Gasteiger partial charge in [0.2, 0.25) is 0 Å². The molecule has 0 unspecified atom stereocenters. The maximum absolute atomic E-state index is 11.8. The number of aromatic nitrogens is 3. The molecule has 2 aromatic heterocycles.